The Labute approximate surface area is 94.1 Å². The maximum absolute atomic E-state index is 11.0. The minimum Gasteiger partial charge on any atom is -0.372 e. The molecular weight excluding hydrogens is 234 g/mol. The number of halogens is 1. The summed E-state index contributed by atoms with van der Waals surface area (Å²) in [4.78, 5) is 2.40. The van der Waals surface area contributed by atoms with Crippen molar-refractivity contribution in [2.75, 3.05) is 18.0 Å². The van der Waals surface area contributed by atoms with E-state index in [0.717, 1.165) is 18.8 Å². The van der Waals surface area contributed by atoms with Crippen molar-refractivity contribution >= 4 is 25.4 Å². The van der Waals surface area contributed by atoms with Gasteiger partial charge in [-0.2, -0.15) is 0 Å². The molecule has 0 saturated carbocycles. The Hall–Kier alpha value is -0.740. The summed E-state index contributed by atoms with van der Waals surface area (Å²) in [6.45, 7) is 2.10. The van der Waals surface area contributed by atoms with Crippen LogP contribution >= 0.6 is 10.7 Å². The first kappa shape index (κ1) is 10.8. The van der Waals surface area contributed by atoms with Crippen LogP contribution < -0.4 is 4.90 Å². The summed E-state index contributed by atoms with van der Waals surface area (Å²) < 4.78 is 22.0. The second kappa shape index (κ2) is 4.02. The van der Waals surface area contributed by atoms with Crippen molar-refractivity contribution in [2.45, 2.75) is 17.7 Å². The number of hydrogen-bond donors (Lipinski definition) is 0. The lowest BCUT2D eigenvalue weighted by Crippen LogP contribution is -2.17. The second-order valence-corrected chi connectivity index (χ2v) is 6.19. The van der Waals surface area contributed by atoms with Crippen molar-refractivity contribution in [3.05, 3.63) is 24.3 Å². The summed E-state index contributed by atoms with van der Waals surface area (Å²) in [6.07, 6.45) is 2.41. The van der Waals surface area contributed by atoms with Gasteiger partial charge in [0.25, 0.3) is 9.05 Å². The van der Waals surface area contributed by atoms with Crippen molar-refractivity contribution < 1.29 is 8.42 Å². The lowest BCUT2D eigenvalue weighted by Gasteiger charge is -2.17. The fourth-order valence-electron chi connectivity index (χ4n) is 1.79. The minimum absolute atomic E-state index is 0.159. The van der Waals surface area contributed by atoms with Gasteiger partial charge in [0, 0.05) is 29.5 Å². The van der Waals surface area contributed by atoms with Crippen LogP contribution in [0.25, 0.3) is 0 Å². The molecule has 1 aliphatic rings. The van der Waals surface area contributed by atoms with E-state index in [1.165, 1.54) is 12.8 Å². The van der Waals surface area contributed by atoms with Crippen LogP contribution in [0.3, 0.4) is 0 Å². The quantitative estimate of drug-likeness (QED) is 0.750. The summed E-state index contributed by atoms with van der Waals surface area (Å²) in [6, 6.07) is 6.72. The zero-order valence-electron chi connectivity index (χ0n) is 8.19. The molecule has 1 heterocycles. The van der Waals surface area contributed by atoms with Crippen LogP contribution in [-0.2, 0) is 9.05 Å². The highest BCUT2D eigenvalue weighted by Gasteiger charge is 2.14. The topological polar surface area (TPSA) is 37.4 Å². The number of benzene rings is 1. The van der Waals surface area contributed by atoms with E-state index in [1.54, 1.807) is 24.3 Å². The first-order valence-electron chi connectivity index (χ1n) is 4.87. The molecule has 3 nitrogen and oxygen atoms in total. The summed E-state index contributed by atoms with van der Waals surface area (Å²) >= 11 is 0. The van der Waals surface area contributed by atoms with Crippen LogP contribution in [-0.4, -0.2) is 21.5 Å². The molecular formula is C10H12ClNO2S. The summed E-state index contributed by atoms with van der Waals surface area (Å²) in [7, 11) is 1.64. The van der Waals surface area contributed by atoms with Gasteiger partial charge in [0.2, 0.25) is 0 Å². The van der Waals surface area contributed by atoms with Gasteiger partial charge in [0.05, 0.1) is 4.90 Å². The molecule has 0 atom stereocenters. The van der Waals surface area contributed by atoms with E-state index in [2.05, 4.69) is 4.90 Å². The molecule has 0 aliphatic carbocycles. The van der Waals surface area contributed by atoms with Crippen LogP contribution in [0.1, 0.15) is 12.8 Å². The molecule has 0 unspecified atom stereocenters. The Morgan fingerprint density at radius 1 is 1.07 bits per heavy atom. The minimum atomic E-state index is -3.59. The Kier molecular flexibility index (Phi) is 2.89. The number of anilines is 1. The molecule has 15 heavy (non-hydrogen) atoms. The molecule has 0 spiro atoms. The molecule has 0 radical (unpaired) electrons. The molecule has 82 valence electrons. The first-order chi connectivity index (χ1) is 7.07. The van der Waals surface area contributed by atoms with Gasteiger partial charge in [0.1, 0.15) is 0 Å². The maximum Gasteiger partial charge on any atom is 0.261 e. The fourth-order valence-corrected chi connectivity index (χ4v) is 2.56. The third-order valence-corrected chi connectivity index (χ3v) is 3.96. The predicted molar refractivity (Wildman–Crippen MR) is 60.9 cm³/mol. The van der Waals surface area contributed by atoms with Crippen molar-refractivity contribution in [1.29, 1.82) is 0 Å². The molecule has 0 amide bonds. The molecule has 1 saturated heterocycles. The molecule has 1 aromatic rings. The van der Waals surface area contributed by atoms with Crippen LogP contribution in [0, 0.1) is 0 Å². The molecule has 1 aliphatic heterocycles. The van der Waals surface area contributed by atoms with Crippen LogP contribution in [0.5, 0.6) is 0 Å². The lowest BCUT2D eigenvalue weighted by atomic mass is 10.3. The SMILES string of the molecule is O=S(=O)(Cl)c1ccc(N2CCCC2)cc1. The third-order valence-electron chi connectivity index (χ3n) is 2.59. The van der Waals surface area contributed by atoms with Gasteiger partial charge in [-0.25, -0.2) is 8.42 Å². The van der Waals surface area contributed by atoms with Crippen LogP contribution in [0.4, 0.5) is 5.69 Å². The van der Waals surface area contributed by atoms with Crippen molar-refractivity contribution in [3.63, 3.8) is 0 Å². The van der Waals surface area contributed by atoms with E-state index in [9.17, 15) is 8.42 Å². The lowest BCUT2D eigenvalue weighted by molar-refractivity contribution is 0.609. The van der Waals surface area contributed by atoms with E-state index >= 15 is 0 Å². The van der Waals surface area contributed by atoms with E-state index in [-0.39, 0.29) is 4.90 Å². The number of nitrogens with zero attached hydrogens (tertiary/aromatic N) is 1. The standard InChI is InChI=1S/C10H12ClNO2S/c11-15(13,14)10-5-3-9(4-6-10)12-7-1-2-8-12/h3-6H,1-2,7-8H2. The maximum atomic E-state index is 11.0. The Balaban J connectivity index is 2.24. The summed E-state index contributed by atoms with van der Waals surface area (Å²) in [5.41, 5.74) is 1.07. The monoisotopic (exact) mass is 245 g/mol. The second-order valence-electron chi connectivity index (χ2n) is 3.63. The highest BCUT2D eigenvalue weighted by molar-refractivity contribution is 8.13. The zero-order valence-corrected chi connectivity index (χ0v) is 9.76. The first-order valence-corrected chi connectivity index (χ1v) is 7.18. The van der Waals surface area contributed by atoms with Crippen molar-refractivity contribution in [3.8, 4) is 0 Å². The molecule has 2 rings (SSSR count). The van der Waals surface area contributed by atoms with E-state index < -0.39 is 9.05 Å². The van der Waals surface area contributed by atoms with Gasteiger partial charge >= 0.3 is 0 Å². The highest BCUT2D eigenvalue weighted by atomic mass is 35.7. The third kappa shape index (κ3) is 2.44. The summed E-state index contributed by atoms with van der Waals surface area (Å²) in [5, 5.41) is 0. The Morgan fingerprint density at radius 2 is 1.60 bits per heavy atom. The van der Waals surface area contributed by atoms with Gasteiger partial charge in [-0.1, -0.05) is 0 Å². The van der Waals surface area contributed by atoms with Gasteiger partial charge in [-0.3, -0.25) is 0 Å². The molecule has 1 fully saturated rings. The van der Waals surface area contributed by atoms with Crippen molar-refractivity contribution in [2.24, 2.45) is 0 Å². The zero-order chi connectivity index (χ0) is 10.9. The molecule has 0 N–H and O–H groups in total. The largest absolute Gasteiger partial charge is 0.372 e. The number of hydrogen-bond acceptors (Lipinski definition) is 3. The van der Waals surface area contributed by atoms with E-state index in [0.29, 0.717) is 0 Å². The van der Waals surface area contributed by atoms with Gasteiger partial charge in [-0.15, -0.1) is 0 Å². The smallest absolute Gasteiger partial charge is 0.261 e. The van der Waals surface area contributed by atoms with Gasteiger partial charge < -0.3 is 4.90 Å². The Morgan fingerprint density at radius 3 is 2.07 bits per heavy atom. The normalized spacial score (nSPS) is 17.0. The average Bonchev–Trinajstić information content (AvgIpc) is 2.69. The molecule has 0 bridgehead atoms. The molecule has 0 aromatic heterocycles. The van der Waals surface area contributed by atoms with Gasteiger partial charge in [0.15, 0.2) is 0 Å². The average molecular weight is 246 g/mol. The Bertz CT molecular complexity index is 435. The number of rotatable bonds is 2. The van der Waals surface area contributed by atoms with Crippen LogP contribution in [0.15, 0.2) is 29.2 Å². The van der Waals surface area contributed by atoms with E-state index in [1.807, 2.05) is 0 Å². The van der Waals surface area contributed by atoms with Gasteiger partial charge in [-0.05, 0) is 37.1 Å². The van der Waals surface area contributed by atoms with E-state index in [4.69, 9.17) is 10.7 Å². The summed E-state index contributed by atoms with van der Waals surface area (Å²) in [5.74, 6) is 0. The molecule has 5 heteroatoms. The predicted octanol–water partition coefficient (Wildman–Crippen LogP) is 2.21. The fraction of sp³-hybridized carbons (Fsp3) is 0.400. The molecule has 1 aromatic carbocycles. The highest BCUT2D eigenvalue weighted by Crippen LogP contribution is 2.23. The van der Waals surface area contributed by atoms with Crippen LogP contribution in [0.2, 0.25) is 0 Å². The van der Waals surface area contributed by atoms with Crippen molar-refractivity contribution in [1.82, 2.24) is 0 Å².